The summed E-state index contributed by atoms with van der Waals surface area (Å²) in [5.41, 5.74) is 7.13. The van der Waals surface area contributed by atoms with Crippen LogP contribution in [0.3, 0.4) is 0 Å². The predicted molar refractivity (Wildman–Crippen MR) is 62.9 cm³/mol. The Hall–Kier alpha value is -1.68. The van der Waals surface area contributed by atoms with Crippen LogP contribution in [0, 0.1) is 0 Å². The van der Waals surface area contributed by atoms with E-state index in [0.717, 1.165) is 17.2 Å². The van der Waals surface area contributed by atoms with Gasteiger partial charge in [0, 0.05) is 5.92 Å². The smallest absolute Gasteiger partial charge is 0.153 e. The van der Waals surface area contributed by atoms with Gasteiger partial charge in [0.25, 0.3) is 0 Å². The van der Waals surface area contributed by atoms with Gasteiger partial charge in [-0.2, -0.15) is 5.10 Å². The van der Waals surface area contributed by atoms with Crippen molar-refractivity contribution in [2.45, 2.75) is 25.8 Å². The Balaban J connectivity index is 2.24. The van der Waals surface area contributed by atoms with Crippen LogP contribution < -0.4 is 5.73 Å². The van der Waals surface area contributed by atoms with E-state index in [1.54, 1.807) is 0 Å². The first-order chi connectivity index (χ1) is 7.68. The van der Waals surface area contributed by atoms with E-state index in [1.165, 1.54) is 0 Å². The number of aromatic nitrogens is 3. The molecule has 0 fully saturated rings. The molecule has 1 aromatic carbocycles. The van der Waals surface area contributed by atoms with Gasteiger partial charge in [-0.15, -0.1) is 0 Å². The maximum atomic E-state index is 6.10. The molecular formula is C12H16N4. The Morgan fingerprint density at radius 3 is 2.44 bits per heavy atom. The summed E-state index contributed by atoms with van der Waals surface area (Å²) in [6.45, 7) is 4.11. The highest BCUT2D eigenvalue weighted by molar-refractivity contribution is 5.23. The van der Waals surface area contributed by atoms with Gasteiger partial charge in [-0.05, 0) is 5.56 Å². The molecule has 3 N–H and O–H groups in total. The second kappa shape index (κ2) is 4.45. The van der Waals surface area contributed by atoms with Gasteiger partial charge in [-0.1, -0.05) is 44.2 Å². The maximum absolute atomic E-state index is 6.10. The first-order valence-electron chi connectivity index (χ1n) is 5.41. The monoisotopic (exact) mass is 216 g/mol. The van der Waals surface area contributed by atoms with E-state index in [-0.39, 0.29) is 6.04 Å². The first kappa shape index (κ1) is 10.8. The van der Waals surface area contributed by atoms with Crippen LogP contribution in [-0.4, -0.2) is 15.2 Å². The first-order valence-corrected chi connectivity index (χ1v) is 5.41. The van der Waals surface area contributed by atoms with Gasteiger partial charge in [0.2, 0.25) is 0 Å². The standard InChI is InChI=1S/C12H16N4/c1-8(2)11-14-12(16-15-11)10(13)9-6-4-3-5-7-9/h3-8,10H,13H2,1-2H3,(H,14,15,16). The van der Waals surface area contributed by atoms with Gasteiger partial charge >= 0.3 is 0 Å². The number of hydrogen-bond acceptors (Lipinski definition) is 3. The molecule has 2 rings (SSSR count). The number of nitrogens with one attached hydrogen (secondary N) is 1. The summed E-state index contributed by atoms with van der Waals surface area (Å²) in [6, 6.07) is 9.64. The van der Waals surface area contributed by atoms with E-state index in [4.69, 9.17) is 5.73 Å². The van der Waals surface area contributed by atoms with E-state index < -0.39 is 0 Å². The molecule has 4 nitrogen and oxygen atoms in total. The van der Waals surface area contributed by atoms with Crippen molar-refractivity contribution in [1.82, 2.24) is 15.2 Å². The zero-order chi connectivity index (χ0) is 11.5. The molecule has 84 valence electrons. The third kappa shape index (κ3) is 2.12. The van der Waals surface area contributed by atoms with Crippen molar-refractivity contribution in [1.29, 1.82) is 0 Å². The Morgan fingerprint density at radius 1 is 1.19 bits per heavy atom. The number of nitrogens with two attached hydrogens (primary N) is 1. The fraction of sp³-hybridized carbons (Fsp3) is 0.333. The van der Waals surface area contributed by atoms with Gasteiger partial charge in [0.15, 0.2) is 5.82 Å². The number of hydrogen-bond donors (Lipinski definition) is 2. The molecule has 0 spiro atoms. The van der Waals surface area contributed by atoms with E-state index in [9.17, 15) is 0 Å². The molecular weight excluding hydrogens is 200 g/mol. The summed E-state index contributed by atoms with van der Waals surface area (Å²) in [4.78, 5) is 4.39. The van der Waals surface area contributed by atoms with Crippen molar-refractivity contribution in [3.05, 3.63) is 47.5 Å². The van der Waals surface area contributed by atoms with Crippen molar-refractivity contribution in [3.63, 3.8) is 0 Å². The average molecular weight is 216 g/mol. The van der Waals surface area contributed by atoms with Crippen LogP contribution >= 0.6 is 0 Å². The third-order valence-corrected chi connectivity index (χ3v) is 2.49. The van der Waals surface area contributed by atoms with Crippen LogP contribution in [-0.2, 0) is 0 Å². The molecule has 0 saturated carbocycles. The normalized spacial score (nSPS) is 13.0. The molecule has 0 aliphatic heterocycles. The minimum Gasteiger partial charge on any atom is -0.318 e. The average Bonchev–Trinajstić information content (AvgIpc) is 2.78. The van der Waals surface area contributed by atoms with Crippen molar-refractivity contribution in [2.75, 3.05) is 0 Å². The van der Waals surface area contributed by atoms with Crippen LogP contribution in [0.2, 0.25) is 0 Å². The Bertz CT molecular complexity index is 447. The second-order valence-electron chi connectivity index (χ2n) is 4.12. The maximum Gasteiger partial charge on any atom is 0.153 e. The largest absolute Gasteiger partial charge is 0.318 e. The summed E-state index contributed by atoms with van der Waals surface area (Å²) >= 11 is 0. The molecule has 2 aromatic rings. The van der Waals surface area contributed by atoms with Crippen molar-refractivity contribution in [2.24, 2.45) is 5.73 Å². The fourth-order valence-electron chi connectivity index (χ4n) is 1.50. The quantitative estimate of drug-likeness (QED) is 0.824. The molecule has 0 bridgehead atoms. The summed E-state index contributed by atoms with van der Waals surface area (Å²) < 4.78 is 0. The molecule has 0 amide bonds. The van der Waals surface area contributed by atoms with Gasteiger partial charge < -0.3 is 5.73 Å². The van der Waals surface area contributed by atoms with E-state index >= 15 is 0 Å². The highest BCUT2D eigenvalue weighted by Crippen LogP contribution is 2.17. The molecule has 1 heterocycles. The lowest BCUT2D eigenvalue weighted by atomic mass is 10.1. The van der Waals surface area contributed by atoms with Gasteiger partial charge in [-0.3, -0.25) is 5.10 Å². The second-order valence-corrected chi connectivity index (χ2v) is 4.12. The summed E-state index contributed by atoms with van der Waals surface area (Å²) in [5.74, 6) is 1.84. The van der Waals surface area contributed by atoms with Crippen molar-refractivity contribution < 1.29 is 0 Å². The summed E-state index contributed by atoms with van der Waals surface area (Å²) in [7, 11) is 0. The Kier molecular flexibility index (Phi) is 3.01. The van der Waals surface area contributed by atoms with E-state index in [2.05, 4.69) is 29.0 Å². The molecule has 0 radical (unpaired) electrons. The molecule has 1 unspecified atom stereocenters. The molecule has 0 aliphatic carbocycles. The highest BCUT2D eigenvalue weighted by Gasteiger charge is 2.14. The molecule has 1 atom stereocenters. The highest BCUT2D eigenvalue weighted by atomic mass is 15.2. The summed E-state index contributed by atoms with van der Waals surface area (Å²) in [5, 5.41) is 7.05. The zero-order valence-electron chi connectivity index (χ0n) is 9.51. The topological polar surface area (TPSA) is 67.6 Å². The van der Waals surface area contributed by atoms with E-state index in [1.807, 2.05) is 30.3 Å². The Labute approximate surface area is 94.9 Å². The lowest BCUT2D eigenvalue weighted by Gasteiger charge is -2.07. The van der Waals surface area contributed by atoms with Crippen LogP contribution in [0.15, 0.2) is 30.3 Å². The zero-order valence-corrected chi connectivity index (χ0v) is 9.51. The number of H-pyrrole nitrogens is 1. The molecule has 0 saturated heterocycles. The number of rotatable bonds is 3. The van der Waals surface area contributed by atoms with Crippen LogP contribution in [0.5, 0.6) is 0 Å². The molecule has 0 aliphatic rings. The third-order valence-electron chi connectivity index (χ3n) is 2.49. The molecule has 16 heavy (non-hydrogen) atoms. The van der Waals surface area contributed by atoms with Gasteiger partial charge in [0.1, 0.15) is 5.82 Å². The van der Waals surface area contributed by atoms with E-state index in [0.29, 0.717) is 5.92 Å². The van der Waals surface area contributed by atoms with Crippen LogP contribution in [0.1, 0.15) is 43.0 Å². The number of aromatic amines is 1. The number of nitrogens with zero attached hydrogens (tertiary/aromatic N) is 2. The minimum absolute atomic E-state index is 0.235. The van der Waals surface area contributed by atoms with Gasteiger partial charge in [-0.25, -0.2) is 4.98 Å². The van der Waals surface area contributed by atoms with Crippen molar-refractivity contribution in [3.8, 4) is 0 Å². The van der Waals surface area contributed by atoms with Crippen molar-refractivity contribution >= 4 is 0 Å². The van der Waals surface area contributed by atoms with Crippen LogP contribution in [0.4, 0.5) is 0 Å². The predicted octanol–water partition coefficient (Wildman–Crippen LogP) is 1.98. The number of benzene rings is 1. The Morgan fingerprint density at radius 2 is 1.88 bits per heavy atom. The SMILES string of the molecule is CC(C)c1n[nH]c(C(N)c2ccccc2)n1. The fourth-order valence-corrected chi connectivity index (χ4v) is 1.50. The molecule has 4 heteroatoms. The minimum atomic E-state index is -0.235. The van der Waals surface area contributed by atoms with Gasteiger partial charge in [0.05, 0.1) is 6.04 Å². The lowest BCUT2D eigenvalue weighted by molar-refractivity contribution is 0.773. The lowest BCUT2D eigenvalue weighted by Crippen LogP contribution is -2.13. The molecule has 1 aromatic heterocycles. The van der Waals surface area contributed by atoms with Crippen LogP contribution in [0.25, 0.3) is 0 Å². The summed E-state index contributed by atoms with van der Waals surface area (Å²) in [6.07, 6.45) is 0.